The molecule has 208 valence electrons. The van der Waals surface area contributed by atoms with E-state index >= 15 is 0 Å². The number of carbonyl (C=O) groups excluding carboxylic acids is 1. The Balaban J connectivity index is 1.46. The van der Waals surface area contributed by atoms with E-state index in [1.807, 2.05) is 31.2 Å². The first kappa shape index (κ1) is 29.7. The average Bonchev–Trinajstić information content (AvgIpc) is 2.94. The van der Waals surface area contributed by atoms with Gasteiger partial charge in [-0.3, -0.25) is 9.52 Å². The molecule has 9 heteroatoms. The van der Waals surface area contributed by atoms with Crippen LogP contribution in [0.3, 0.4) is 0 Å². The number of rotatable bonds is 15. The molecule has 3 rings (SSSR count). The van der Waals surface area contributed by atoms with E-state index in [0.717, 1.165) is 17.7 Å². The molecular formula is C30H38N4O4S. The van der Waals surface area contributed by atoms with E-state index in [-0.39, 0.29) is 4.90 Å². The predicted octanol–water partition coefficient (Wildman–Crippen LogP) is 6.35. The van der Waals surface area contributed by atoms with Gasteiger partial charge in [-0.1, -0.05) is 45.4 Å². The van der Waals surface area contributed by atoms with Gasteiger partial charge < -0.3 is 10.5 Å². The van der Waals surface area contributed by atoms with Crippen molar-refractivity contribution in [2.24, 2.45) is 5.10 Å². The van der Waals surface area contributed by atoms with E-state index < -0.39 is 15.9 Å². The van der Waals surface area contributed by atoms with Crippen LogP contribution >= 0.6 is 0 Å². The van der Waals surface area contributed by atoms with Gasteiger partial charge in [-0.2, -0.15) is 5.10 Å². The summed E-state index contributed by atoms with van der Waals surface area (Å²) in [5.74, 6) is 0.408. The Hall–Kier alpha value is -3.85. The van der Waals surface area contributed by atoms with E-state index in [9.17, 15) is 13.2 Å². The highest BCUT2D eigenvalue weighted by Gasteiger charge is 2.14. The lowest BCUT2D eigenvalue weighted by atomic mass is 10.1. The molecule has 0 aromatic heterocycles. The molecule has 0 bridgehead atoms. The molecule has 3 aromatic rings. The van der Waals surface area contributed by atoms with E-state index in [4.69, 9.17) is 10.5 Å². The van der Waals surface area contributed by atoms with Gasteiger partial charge in [-0.25, -0.2) is 13.8 Å². The summed E-state index contributed by atoms with van der Waals surface area (Å²) in [4.78, 5) is 12.6. The van der Waals surface area contributed by atoms with Crippen molar-refractivity contribution < 1.29 is 17.9 Å². The van der Waals surface area contributed by atoms with Crippen LogP contribution in [0.4, 0.5) is 11.4 Å². The van der Waals surface area contributed by atoms with Crippen molar-refractivity contribution >= 4 is 33.0 Å². The SMILES string of the molecule is CCCCCCCCCOc1ccc(C(C)=NNC(=O)c2ccc(NS(=O)(=O)c3ccc(N)cc3)cc2)cc1. The molecule has 0 atom stereocenters. The largest absolute Gasteiger partial charge is 0.494 e. The smallest absolute Gasteiger partial charge is 0.271 e. The molecule has 0 aliphatic carbocycles. The second-order valence-corrected chi connectivity index (χ2v) is 11.1. The zero-order valence-electron chi connectivity index (χ0n) is 22.7. The van der Waals surface area contributed by atoms with Crippen LogP contribution in [-0.2, 0) is 10.0 Å². The number of sulfonamides is 1. The highest BCUT2D eigenvalue weighted by Crippen LogP contribution is 2.18. The first-order valence-corrected chi connectivity index (χ1v) is 14.8. The Morgan fingerprint density at radius 2 is 1.41 bits per heavy atom. The molecule has 4 N–H and O–H groups in total. The lowest BCUT2D eigenvalue weighted by Gasteiger charge is -2.09. The third kappa shape index (κ3) is 9.76. The van der Waals surface area contributed by atoms with Gasteiger partial charge in [0.25, 0.3) is 15.9 Å². The Morgan fingerprint density at radius 3 is 2.05 bits per heavy atom. The topological polar surface area (TPSA) is 123 Å². The number of unbranched alkanes of at least 4 members (excludes halogenated alkanes) is 6. The van der Waals surface area contributed by atoms with Crippen LogP contribution in [0.25, 0.3) is 0 Å². The number of ether oxygens (including phenoxy) is 1. The molecule has 1 amide bonds. The van der Waals surface area contributed by atoms with Gasteiger partial charge in [0.1, 0.15) is 5.75 Å². The summed E-state index contributed by atoms with van der Waals surface area (Å²) in [6.45, 7) is 4.74. The van der Waals surface area contributed by atoms with Gasteiger partial charge in [-0.15, -0.1) is 0 Å². The lowest BCUT2D eigenvalue weighted by molar-refractivity contribution is 0.0955. The van der Waals surface area contributed by atoms with Gasteiger partial charge >= 0.3 is 0 Å². The number of nitrogen functional groups attached to an aromatic ring is 1. The third-order valence-electron chi connectivity index (χ3n) is 6.20. The molecule has 0 aliphatic rings. The third-order valence-corrected chi connectivity index (χ3v) is 7.60. The summed E-state index contributed by atoms with van der Waals surface area (Å²) < 4.78 is 33.4. The second-order valence-electron chi connectivity index (χ2n) is 9.38. The van der Waals surface area contributed by atoms with E-state index in [1.54, 1.807) is 0 Å². The summed E-state index contributed by atoms with van der Waals surface area (Å²) in [7, 11) is -3.77. The summed E-state index contributed by atoms with van der Waals surface area (Å²) in [5.41, 5.74) is 10.8. The van der Waals surface area contributed by atoms with Crippen LogP contribution in [0.15, 0.2) is 82.8 Å². The number of nitrogens with one attached hydrogen (secondary N) is 2. The minimum atomic E-state index is -3.77. The fourth-order valence-corrected chi connectivity index (χ4v) is 4.91. The number of nitrogens with two attached hydrogens (primary N) is 1. The molecule has 8 nitrogen and oxygen atoms in total. The molecule has 0 saturated heterocycles. The van der Waals surface area contributed by atoms with Crippen molar-refractivity contribution in [3.63, 3.8) is 0 Å². The van der Waals surface area contributed by atoms with Crippen molar-refractivity contribution in [2.75, 3.05) is 17.1 Å². The van der Waals surface area contributed by atoms with Gasteiger partial charge in [0, 0.05) is 16.9 Å². The molecule has 0 spiro atoms. The Kier molecular flexibility index (Phi) is 11.4. The zero-order chi connectivity index (χ0) is 28.1. The first-order chi connectivity index (χ1) is 18.8. The first-order valence-electron chi connectivity index (χ1n) is 13.3. The highest BCUT2D eigenvalue weighted by atomic mass is 32.2. The van der Waals surface area contributed by atoms with Crippen LogP contribution < -0.4 is 20.6 Å². The summed E-state index contributed by atoms with van der Waals surface area (Å²) in [6, 6.07) is 19.6. The van der Waals surface area contributed by atoms with Crippen LogP contribution in [-0.4, -0.2) is 26.6 Å². The number of anilines is 2. The predicted molar refractivity (Wildman–Crippen MR) is 158 cm³/mol. The molecule has 0 aliphatic heterocycles. The standard InChI is InChI=1S/C30H38N4O4S/c1-3-4-5-6-7-8-9-22-38-28-18-12-24(13-19-28)23(2)32-33-30(35)25-10-16-27(17-11-25)34-39(36,37)29-20-14-26(31)15-21-29/h10-21,34H,3-9,22,31H2,1-2H3,(H,33,35). The lowest BCUT2D eigenvalue weighted by Crippen LogP contribution is -2.19. The maximum atomic E-state index is 12.5. The normalized spacial score (nSPS) is 11.7. The Morgan fingerprint density at radius 1 is 0.821 bits per heavy atom. The number of benzene rings is 3. The second kappa shape index (κ2) is 14.9. The van der Waals surface area contributed by atoms with Crippen LogP contribution in [0, 0.1) is 0 Å². The van der Waals surface area contributed by atoms with Crippen molar-refractivity contribution in [3.8, 4) is 5.75 Å². The van der Waals surface area contributed by atoms with E-state index in [2.05, 4.69) is 22.2 Å². The van der Waals surface area contributed by atoms with Crippen molar-refractivity contribution in [1.82, 2.24) is 5.43 Å². The minimum absolute atomic E-state index is 0.0936. The number of nitrogens with zero attached hydrogens (tertiary/aromatic N) is 1. The molecule has 0 fully saturated rings. The fourth-order valence-electron chi connectivity index (χ4n) is 3.86. The molecule has 0 unspecified atom stereocenters. The Bertz CT molecular complexity index is 1320. The molecule has 39 heavy (non-hydrogen) atoms. The van der Waals surface area contributed by atoms with E-state index in [0.29, 0.717) is 29.3 Å². The molecule has 3 aromatic carbocycles. The molecular weight excluding hydrogens is 512 g/mol. The van der Waals surface area contributed by atoms with Crippen LogP contribution in [0.2, 0.25) is 0 Å². The van der Waals surface area contributed by atoms with Gasteiger partial charge in [-0.05, 0) is 91.7 Å². The maximum Gasteiger partial charge on any atom is 0.271 e. The molecule has 0 saturated carbocycles. The fraction of sp³-hybridized carbons (Fsp3) is 0.333. The zero-order valence-corrected chi connectivity index (χ0v) is 23.5. The van der Waals surface area contributed by atoms with Crippen LogP contribution in [0.1, 0.15) is 74.7 Å². The van der Waals surface area contributed by atoms with Gasteiger partial charge in [0.2, 0.25) is 0 Å². The number of amides is 1. The minimum Gasteiger partial charge on any atom is -0.494 e. The summed E-state index contributed by atoms with van der Waals surface area (Å²) in [5, 5.41) is 4.20. The monoisotopic (exact) mass is 550 g/mol. The average molecular weight is 551 g/mol. The molecule has 0 radical (unpaired) electrons. The Labute approximate surface area is 231 Å². The maximum absolute atomic E-state index is 12.5. The quantitative estimate of drug-likeness (QED) is 0.0880. The molecule has 0 heterocycles. The number of hydrogen-bond acceptors (Lipinski definition) is 6. The van der Waals surface area contributed by atoms with Gasteiger partial charge in [0.15, 0.2) is 0 Å². The summed E-state index contributed by atoms with van der Waals surface area (Å²) >= 11 is 0. The van der Waals surface area contributed by atoms with E-state index in [1.165, 1.54) is 87.1 Å². The number of hydrazone groups is 1. The van der Waals surface area contributed by atoms with Crippen LogP contribution in [0.5, 0.6) is 5.75 Å². The van der Waals surface area contributed by atoms with Gasteiger partial charge in [0.05, 0.1) is 17.2 Å². The highest BCUT2D eigenvalue weighted by molar-refractivity contribution is 7.92. The van der Waals surface area contributed by atoms with Crippen molar-refractivity contribution in [2.45, 2.75) is 63.7 Å². The number of carbonyl (C=O) groups is 1. The van der Waals surface area contributed by atoms with Crippen molar-refractivity contribution in [3.05, 3.63) is 83.9 Å². The summed E-state index contributed by atoms with van der Waals surface area (Å²) in [6.07, 6.45) is 8.71. The number of hydrogen-bond donors (Lipinski definition) is 3. The van der Waals surface area contributed by atoms with Crippen molar-refractivity contribution in [1.29, 1.82) is 0 Å².